The van der Waals surface area contributed by atoms with Gasteiger partial charge in [-0.3, -0.25) is 0 Å². The van der Waals surface area contributed by atoms with Crippen molar-refractivity contribution in [1.29, 1.82) is 0 Å². The van der Waals surface area contributed by atoms with Crippen LogP contribution in [0.2, 0.25) is 0 Å². The van der Waals surface area contributed by atoms with Gasteiger partial charge in [0.2, 0.25) is 0 Å². The van der Waals surface area contributed by atoms with E-state index in [2.05, 4.69) is 10.1 Å². The van der Waals surface area contributed by atoms with E-state index in [1.165, 1.54) is 12.1 Å². The molecule has 96 valence electrons. The molecule has 1 rings (SSSR count). The maximum absolute atomic E-state index is 13.5. The van der Waals surface area contributed by atoms with Crippen molar-refractivity contribution >= 4 is 0 Å². The summed E-state index contributed by atoms with van der Waals surface area (Å²) in [4.78, 5) is 0. The Kier molecular flexibility index (Phi) is 5.28. The van der Waals surface area contributed by atoms with Gasteiger partial charge in [0.05, 0.1) is 0 Å². The van der Waals surface area contributed by atoms with Gasteiger partial charge in [0, 0.05) is 6.04 Å². The molecule has 0 bridgehead atoms. The molecule has 0 aliphatic carbocycles. The average molecular weight is 247 g/mol. The smallest absolute Gasteiger partial charge is 0.272 e. The Morgan fingerprint density at radius 3 is 2.59 bits per heavy atom. The number of hydrogen-bond donors (Lipinski definition) is 1. The highest BCUT2D eigenvalue weighted by molar-refractivity contribution is 5.30. The van der Waals surface area contributed by atoms with Crippen molar-refractivity contribution in [1.82, 2.24) is 5.32 Å². The van der Waals surface area contributed by atoms with Crippen LogP contribution in [-0.4, -0.2) is 19.6 Å². The molecule has 0 amide bonds. The molecule has 1 atom stereocenters. The van der Waals surface area contributed by atoms with E-state index in [9.17, 15) is 13.2 Å². The Labute approximate surface area is 98.8 Å². The van der Waals surface area contributed by atoms with Crippen LogP contribution in [0.5, 0.6) is 5.75 Å². The number of halogens is 3. The molecule has 2 nitrogen and oxygen atoms in total. The van der Waals surface area contributed by atoms with Crippen LogP contribution in [0.1, 0.15) is 25.5 Å². The normalized spacial score (nSPS) is 12.8. The third kappa shape index (κ3) is 4.26. The fourth-order valence-corrected chi connectivity index (χ4v) is 1.48. The summed E-state index contributed by atoms with van der Waals surface area (Å²) in [5, 5.41) is 3.13. The maximum Gasteiger partial charge on any atom is 0.272 e. The van der Waals surface area contributed by atoms with E-state index < -0.39 is 18.8 Å². The minimum atomic E-state index is -2.60. The first-order chi connectivity index (χ1) is 8.04. The van der Waals surface area contributed by atoms with Gasteiger partial charge in [-0.15, -0.1) is 0 Å². The van der Waals surface area contributed by atoms with E-state index in [0.717, 1.165) is 12.1 Å². The standard InChI is InChI=1S/C12H16F3NO/c1-3-16-8(2)9-4-5-11(10(13)6-9)17-7-12(14)15/h4-6,8,12,16H,3,7H2,1-2H3. The number of ether oxygens (including phenoxy) is 1. The fraction of sp³-hybridized carbons (Fsp3) is 0.500. The highest BCUT2D eigenvalue weighted by atomic mass is 19.3. The van der Waals surface area contributed by atoms with E-state index in [1.807, 2.05) is 13.8 Å². The van der Waals surface area contributed by atoms with Crippen LogP contribution in [0.25, 0.3) is 0 Å². The fourth-order valence-electron chi connectivity index (χ4n) is 1.48. The van der Waals surface area contributed by atoms with E-state index in [1.54, 1.807) is 6.07 Å². The number of hydrogen-bond acceptors (Lipinski definition) is 2. The monoisotopic (exact) mass is 247 g/mol. The molecule has 0 fully saturated rings. The van der Waals surface area contributed by atoms with Crippen molar-refractivity contribution in [2.24, 2.45) is 0 Å². The Morgan fingerprint density at radius 2 is 2.06 bits per heavy atom. The summed E-state index contributed by atoms with van der Waals surface area (Å²) in [5.41, 5.74) is 0.758. The molecule has 1 unspecified atom stereocenters. The molecule has 1 aromatic rings. The minimum absolute atomic E-state index is 0.0126. The van der Waals surface area contributed by atoms with Crippen molar-refractivity contribution < 1.29 is 17.9 Å². The summed E-state index contributed by atoms with van der Waals surface area (Å²) in [7, 11) is 0. The molecule has 1 N–H and O–H groups in total. The molecule has 5 heteroatoms. The first-order valence-corrected chi connectivity index (χ1v) is 5.48. The second-order valence-corrected chi connectivity index (χ2v) is 3.67. The van der Waals surface area contributed by atoms with Crippen molar-refractivity contribution in [3.05, 3.63) is 29.6 Å². The molecule has 0 radical (unpaired) electrons. The highest BCUT2D eigenvalue weighted by Crippen LogP contribution is 2.22. The average Bonchev–Trinajstić information content (AvgIpc) is 2.27. The third-order valence-electron chi connectivity index (χ3n) is 2.33. The molecular weight excluding hydrogens is 231 g/mol. The number of rotatable bonds is 6. The maximum atomic E-state index is 13.5. The van der Waals surface area contributed by atoms with Gasteiger partial charge in [-0.2, -0.15) is 0 Å². The summed E-state index contributed by atoms with van der Waals surface area (Å²) >= 11 is 0. The summed E-state index contributed by atoms with van der Waals surface area (Å²) in [6, 6.07) is 4.35. The van der Waals surface area contributed by atoms with Crippen LogP contribution in [0.3, 0.4) is 0 Å². The van der Waals surface area contributed by atoms with Crippen LogP contribution in [0.4, 0.5) is 13.2 Å². The second kappa shape index (κ2) is 6.49. The van der Waals surface area contributed by atoms with Gasteiger partial charge in [-0.1, -0.05) is 13.0 Å². The molecule has 0 saturated carbocycles. The number of nitrogens with one attached hydrogen (secondary N) is 1. The zero-order valence-corrected chi connectivity index (χ0v) is 9.84. The predicted octanol–water partition coefficient (Wildman–Crippen LogP) is 3.14. The van der Waals surface area contributed by atoms with Crippen LogP contribution in [0.15, 0.2) is 18.2 Å². The molecular formula is C12H16F3NO. The third-order valence-corrected chi connectivity index (χ3v) is 2.33. The van der Waals surface area contributed by atoms with E-state index in [0.29, 0.717) is 0 Å². The molecule has 0 heterocycles. The minimum Gasteiger partial charge on any atom is -0.485 e. The Hall–Kier alpha value is -1.23. The van der Waals surface area contributed by atoms with E-state index in [-0.39, 0.29) is 11.8 Å². The van der Waals surface area contributed by atoms with Gasteiger partial charge in [0.1, 0.15) is 6.61 Å². The van der Waals surface area contributed by atoms with Crippen LogP contribution in [-0.2, 0) is 0 Å². The quantitative estimate of drug-likeness (QED) is 0.833. The summed E-state index contributed by atoms with van der Waals surface area (Å²) in [6.07, 6.45) is -2.60. The van der Waals surface area contributed by atoms with Crippen LogP contribution >= 0.6 is 0 Å². The number of alkyl halides is 2. The molecule has 0 aliphatic rings. The molecule has 0 saturated heterocycles. The van der Waals surface area contributed by atoms with Gasteiger partial charge in [0.25, 0.3) is 6.43 Å². The van der Waals surface area contributed by atoms with Crippen molar-refractivity contribution in [3.8, 4) is 5.75 Å². The highest BCUT2D eigenvalue weighted by Gasteiger charge is 2.11. The molecule has 0 aromatic heterocycles. The second-order valence-electron chi connectivity index (χ2n) is 3.67. The van der Waals surface area contributed by atoms with Crippen LogP contribution in [0, 0.1) is 5.82 Å². The van der Waals surface area contributed by atoms with E-state index in [4.69, 9.17) is 0 Å². The summed E-state index contributed by atoms with van der Waals surface area (Å²) < 4.78 is 42.0. The van der Waals surface area contributed by atoms with Gasteiger partial charge >= 0.3 is 0 Å². The van der Waals surface area contributed by atoms with Gasteiger partial charge in [-0.05, 0) is 31.2 Å². The molecule has 0 aliphatic heterocycles. The number of benzene rings is 1. The molecule has 0 spiro atoms. The van der Waals surface area contributed by atoms with Crippen molar-refractivity contribution in [2.45, 2.75) is 26.3 Å². The van der Waals surface area contributed by atoms with Crippen molar-refractivity contribution in [2.75, 3.05) is 13.2 Å². The lowest BCUT2D eigenvalue weighted by Gasteiger charge is -2.14. The van der Waals surface area contributed by atoms with Crippen LogP contribution < -0.4 is 10.1 Å². The lowest BCUT2D eigenvalue weighted by atomic mass is 10.1. The molecule has 1 aromatic carbocycles. The first-order valence-electron chi connectivity index (χ1n) is 5.48. The van der Waals surface area contributed by atoms with Gasteiger partial charge < -0.3 is 10.1 Å². The largest absolute Gasteiger partial charge is 0.485 e. The summed E-state index contributed by atoms with van der Waals surface area (Å²) in [5.74, 6) is -0.759. The topological polar surface area (TPSA) is 21.3 Å². The Bertz CT molecular complexity index is 358. The lowest BCUT2D eigenvalue weighted by molar-refractivity contribution is 0.0799. The lowest BCUT2D eigenvalue weighted by Crippen LogP contribution is -2.18. The Balaban J connectivity index is 2.72. The van der Waals surface area contributed by atoms with Crippen molar-refractivity contribution in [3.63, 3.8) is 0 Å². The Morgan fingerprint density at radius 1 is 1.35 bits per heavy atom. The SMILES string of the molecule is CCNC(C)c1ccc(OCC(F)F)c(F)c1. The van der Waals surface area contributed by atoms with Gasteiger partial charge in [0.15, 0.2) is 11.6 Å². The van der Waals surface area contributed by atoms with E-state index >= 15 is 0 Å². The zero-order valence-electron chi connectivity index (χ0n) is 9.84. The predicted molar refractivity (Wildman–Crippen MR) is 60.0 cm³/mol. The van der Waals surface area contributed by atoms with Gasteiger partial charge in [-0.25, -0.2) is 13.2 Å². The summed E-state index contributed by atoms with van der Waals surface area (Å²) in [6.45, 7) is 3.83. The molecule has 17 heavy (non-hydrogen) atoms. The zero-order chi connectivity index (χ0) is 12.8. The first kappa shape index (κ1) is 13.8.